The lowest BCUT2D eigenvalue weighted by Gasteiger charge is -2.35. The molecule has 1 N–H and O–H groups in total. The van der Waals surface area contributed by atoms with E-state index in [1.165, 1.54) is 27.4 Å². The van der Waals surface area contributed by atoms with Gasteiger partial charge in [0.2, 0.25) is 0 Å². The molecule has 0 spiro atoms. The van der Waals surface area contributed by atoms with Gasteiger partial charge in [-0.05, 0) is 17.7 Å². The zero-order valence-electron chi connectivity index (χ0n) is 18.5. The Balaban J connectivity index is 1.16. The maximum absolute atomic E-state index is 10.9. The number of benzene rings is 3. The first-order valence-corrected chi connectivity index (χ1v) is 11.6. The molecule has 1 atom stereocenters. The third-order valence-corrected chi connectivity index (χ3v) is 6.48. The quantitative estimate of drug-likeness (QED) is 0.474. The predicted molar refractivity (Wildman–Crippen MR) is 134 cm³/mol. The van der Waals surface area contributed by atoms with Crippen LogP contribution >= 0.6 is 0 Å². The van der Waals surface area contributed by atoms with Crippen molar-refractivity contribution < 1.29 is 5.11 Å². The van der Waals surface area contributed by atoms with Gasteiger partial charge in [0.25, 0.3) is 0 Å². The van der Waals surface area contributed by atoms with Gasteiger partial charge in [-0.3, -0.25) is 9.80 Å². The van der Waals surface area contributed by atoms with Gasteiger partial charge in [-0.15, -0.1) is 0 Å². The van der Waals surface area contributed by atoms with Crippen LogP contribution in [0, 0.1) is 0 Å². The summed E-state index contributed by atoms with van der Waals surface area (Å²) in [7, 11) is 0. The molecular formula is C28H31N3O. The molecule has 0 saturated carbocycles. The molecule has 4 heteroatoms. The van der Waals surface area contributed by atoms with Crippen LogP contribution in [0.1, 0.15) is 5.56 Å². The molecule has 4 aromatic rings. The molecule has 1 aliphatic rings. The largest absolute Gasteiger partial charge is 0.390 e. The number of hydrogen-bond donors (Lipinski definition) is 1. The van der Waals surface area contributed by atoms with Crippen molar-refractivity contribution in [3.8, 4) is 0 Å². The molecule has 3 aromatic carbocycles. The molecule has 2 heterocycles. The van der Waals surface area contributed by atoms with Crippen molar-refractivity contribution in [1.82, 2.24) is 14.4 Å². The Morgan fingerprint density at radius 1 is 0.688 bits per heavy atom. The summed E-state index contributed by atoms with van der Waals surface area (Å²) >= 11 is 0. The minimum Gasteiger partial charge on any atom is -0.390 e. The molecule has 0 radical (unpaired) electrons. The molecule has 1 aromatic heterocycles. The molecule has 0 bridgehead atoms. The van der Waals surface area contributed by atoms with Crippen molar-refractivity contribution in [3.63, 3.8) is 0 Å². The number of aliphatic hydroxyl groups is 1. The van der Waals surface area contributed by atoms with Gasteiger partial charge >= 0.3 is 0 Å². The summed E-state index contributed by atoms with van der Waals surface area (Å²) in [6, 6.07) is 27.4. The Hall–Kier alpha value is -2.92. The van der Waals surface area contributed by atoms with Gasteiger partial charge in [0.15, 0.2) is 0 Å². The summed E-state index contributed by atoms with van der Waals surface area (Å²) < 4.78 is 2.28. The van der Waals surface area contributed by atoms with Gasteiger partial charge in [0.05, 0.1) is 12.6 Å². The molecule has 1 saturated heterocycles. The highest BCUT2D eigenvalue weighted by Crippen LogP contribution is 2.28. The number of fused-ring (bicyclic) bond motifs is 3. The van der Waals surface area contributed by atoms with Crippen LogP contribution in [0.4, 0.5) is 0 Å². The van der Waals surface area contributed by atoms with Crippen LogP contribution in [0.3, 0.4) is 0 Å². The number of hydrogen-bond acceptors (Lipinski definition) is 3. The number of piperazine rings is 1. The molecule has 1 aliphatic heterocycles. The topological polar surface area (TPSA) is 31.6 Å². The zero-order valence-corrected chi connectivity index (χ0v) is 18.5. The van der Waals surface area contributed by atoms with E-state index < -0.39 is 6.10 Å². The van der Waals surface area contributed by atoms with Gasteiger partial charge in [-0.25, -0.2) is 0 Å². The van der Waals surface area contributed by atoms with Gasteiger partial charge in [0.1, 0.15) is 0 Å². The number of para-hydroxylation sites is 2. The van der Waals surface area contributed by atoms with Gasteiger partial charge in [0, 0.05) is 61.1 Å². The average Bonchev–Trinajstić information content (AvgIpc) is 3.15. The summed E-state index contributed by atoms with van der Waals surface area (Å²) in [6.45, 7) is 6.41. The molecule has 0 aliphatic carbocycles. The summed E-state index contributed by atoms with van der Waals surface area (Å²) in [5, 5.41) is 13.5. The SMILES string of the molecule is OC(CN1CCN(CC=Cc2ccccc2)CC1)Cn1c2ccccc2c2ccccc21. The highest BCUT2D eigenvalue weighted by Gasteiger charge is 2.20. The maximum atomic E-state index is 10.9. The maximum Gasteiger partial charge on any atom is 0.0845 e. The summed E-state index contributed by atoms with van der Waals surface area (Å²) in [4.78, 5) is 4.88. The highest BCUT2D eigenvalue weighted by atomic mass is 16.3. The highest BCUT2D eigenvalue weighted by molar-refractivity contribution is 6.07. The van der Waals surface area contributed by atoms with E-state index in [0.29, 0.717) is 13.1 Å². The molecule has 164 valence electrons. The van der Waals surface area contributed by atoms with E-state index in [4.69, 9.17) is 0 Å². The van der Waals surface area contributed by atoms with E-state index in [0.717, 1.165) is 32.7 Å². The van der Waals surface area contributed by atoms with Crippen molar-refractivity contribution in [2.24, 2.45) is 0 Å². The first-order chi connectivity index (χ1) is 15.8. The van der Waals surface area contributed by atoms with E-state index in [2.05, 4.69) is 99.3 Å². The molecule has 4 nitrogen and oxygen atoms in total. The fourth-order valence-electron chi connectivity index (χ4n) is 4.82. The molecule has 5 rings (SSSR count). The van der Waals surface area contributed by atoms with E-state index in [1.807, 2.05) is 6.07 Å². The second-order valence-corrected chi connectivity index (χ2v) is 8.71. The fraction of sp³-hybridized carbons (Fsp3) is 0.286. The van der Waals surface area contributed by atoms with Crippen molar-refractivity contribution in [3.05, 3.63) is 90.5 Å². The number of aliphatic hydroxyl groups excluding tert-OH is 1. The number of rotatable bonds is 7. The van der Waals surface area contributed by atoms with E-state index in [1.54, 1.807) is 0 Å². The lowest BCUT2D eigenvalue weighted by molar-refractivity contribution is 0.0688. The standard InChI is InChI=1S/C28H31N3O/c32-24(22-31-27-14-6-4-12-25(27)26-13-5-7-15-28(26)31)21-30-19-17-29(18-20-30)16-8-11-23-9-2-1-3-10-23/h1-15,24,32H,16-22H2. The van der Waals surface area contributed by atoms with Crippen LogP contribution in [0.25, 0.3) is 27.9 Å². The van der Waals surface area contributed by atoms with Gasteiger partial charge in [-0.1, -0.05) is 78.9 Å². The molecule has 1 unspecified atom stereocenters. The summed E-state index contributed by atoms with van der Waals surface area (Å²) in [6.07, 6.45) is 4.06. The number of β-amino-alcohol motifs (C(OH)–C–C–N with tert-alkyl or cyclic N) is 1. The minimum absolute atomic E-state index is 0.390. The normalized spacial score (nSPS) is 16.9. The molecular weight excluding hydrogens is 394 g/mol. The Labute approximate surface area is 190 Å². The Morgan fingerprint density at radius 2 is 1.25 bits per heavy atom. The van der Waals surface area contributed by atoms with E-state index in [-0.39, 0.29) is 0 Å². The van der Waals surface area contributed by atoms with Crippen molar-refractivity contribution in [2.75, 3.05) is 39.3 Å². The Bertz CT molecular complexity index is 1140. The Morgan fingerprint density at radius 3 is 1.91 bits per heavy atom. The predicted octanol–water partition coefficient (Wildman–Crippen LogP) is 4.49. The third kappa shape index (κ3) is 4.63. The zero-order chi connectivity index (χ0) is 21.8. The molecule has 0 amide bonds. The van der Waals surface area contributed by atoms with E-state index in [9.17, 15) is 5.11 Å². The van der Waals surface area contributed by atoms with Crippen LogP contribution in [-0.2, 0) is 6.54 Å². The molecule has 32 heavy (non-hydrogen) atoms. The van der Waals surface area contributed by atoms with Crippen LogP contribution in [0.5, 0.6) is 0 Å². The Kier molecular flexibility index (Phi) is 6.35. The first kappa shape index (κ1) is 21.0. The van der Waals surface area contributed by atoms with Crippen molar-refractivity contribution >= 4 is 27.9 Å². The summed E-state index contributed by atoms with van der Waals surface area (Å²) in [5.41, 5.74) is 3.64. The van der Waals surface area contributed by atoms with Crippen LogP contribution < -0.4 is 0 Å². The molecule has 1 fully saturated rings. The van der Waals surface area contributed by atoms with Gasteiger partial charge in [-0.2, -0.15) is 0 Å². The number of nitrogens with zero attached hydrogens (tertiary/aromatic N) is 3. The van der Waals surface area contributed by atoms with Crippen LogP contribution in [-0.4, -0.2) is 64.8 Å². The van der Waals surface area contributed by atoms with Gasteiger partial charge < -0.3 is 9.67 Å². The smallest absolute Gasteiger partial charge is 0.0845 e. The third-order valence-electron chi connectivity index (χ3n) is 6.48. The monoisotopic (exact) mass is 425 g/mol. The van der Waals surface area contributed by atoms with Crippen LogP contribution in [0.15, 0.2) is 84.9 Å². The van der Waals surface area contributed by atoms with Crippen molar-refractivity contribution in [2.45, 2.75) is 12.6 Å². The lowest BCUT2D eigenvalue weighted by Crippen LogP contribution is -2.48. The number of aromatic nitrogens is 1. The van der Waals surface area contributed by atoms with E-state index >= 15 is 0 Å². The lowest BCUT2D eigenvalue weighted by atomic mass is 10.2. The first-order valence-electron chi connectivity index (χ1n) is 11.6. The summed E-state index contributed by atoms with van der Waals surface area (Å²) in [5.74, 6) is 0. The second kappa shape index (κ2) is 9.70. The average molecular weight is 426 g/mol. The second-order valence-electron chi connectivity index (χ2n) is 8.71. The van der Waals surface area contributed by atoms with Crippen molar-refractivity contribution in [1.29, 1.82) is 0 Å². The van der Waals surface area contributed by atoms with Crippen LogP contribution in [0.2, 0.25) is 0 Å². The minimum atomic E-state index is -0.390. The fourth-order valence-corrected chi connectivity index (χ4v) is 4.82.